The predicted molar refractivity (Wildman–Crippen MR) is 99.7 cm³/mol. The Hall–Kier alpha value is -2.54. The zero-order valence-corrected chi connectivity index (χ0v) is 15.1. The third kappa shape index (κ3) is 3.14. The summed E-state index contributed by atoms with van der Waals surface area (Å²) in [6.45, 7) is 5.19. The minimum Gasteiger partial charge on any atom is -0.368 e. The fourth-order valence-corrected chi connectivity index (χ4v) is 3.81. The van der Waals surface area contributed by atoms with Crippen molar-refractivity contribution in [1.29, 1.82) is 0 Å². The molecule has 1 amide bonds. The lowest BCUT2D eigenvalue weighted by Crippen LogP contribution is -2.53. The van der Waals surface area contributed by atoms with Crippen LogP contribution in [0.25, 0.3) is 11.4 Å². The molecule has 0 radical (unpaired) electrons. The summed E-state index contributed by atoms with van der Waals surface area (Å²) >= 11 is 0. The third-order valence-electron chi connectivity index (χ3n) is 5.42. The van der Waals surface area contributed by atoms with Gasteiger partial charge < -0.3 is 10.6 Å². The summed E-state index contributed by atoms with van der Waals surface area (Å²) in [6.07, 6.45) is 6.74. The average Bonchev–Trinajstić information content (AvgIpc) is 3.16. The molecular formula is C19H24N6O. The summed E-state index contributed by atoms with van der Waals surface area (Å²) in [5.74, 6) is 1.57. The molecule has 0 unspecified atom stereocenters. The molecule has 0 saturated carbocycles. The van der Waals surface area contributed by atoms with Gasteiger partial charge in [0, 0.05) is 55.4 Å². The van der Waals surface area contributed by atoms with Crippen LogP contribution in [0.2, 0.25) is 0 Å². The maximum Gasteiger partial charge on any atom is 0.234 e. The van der Waals surface area contributed by atoms with Crippen molar-refractivity contribution in [2.75, 3.05) is 31.1 Å². The summed E-state index contributed by atoms with van der Waals surface area (Å²) in [5, 5.41) is 0. The van der Waals surface area contributed by atoms with Gasteiger partial charge in [-0.25, -0.2) is 9.97 Å². The molecule has 0 aromatic carbocycles. The summed E-state index contributed by atoms with van der Waals surface area (Å²) in [5.41, 5.74) is 8.91. The lowest BCUT2D eigenvalue weighted by molar-refractivity contribution is -0.122. The van der Waals surface area contributed by atoms with Gasteiger partial charge >= 0.3 is 0 Å². The van der Waals surface area contributed by atoms with Gasteiger partial charge in [-0.2, -0.15) is 0 Å². The van der Waals surface area contributed by atoms with Crippen LogP contribution in [-0.4, -0.2) is 58.0 Å². The van der Waals surface area contributed by atoms with Crippen LogP contribution in [0.4, 0.5) is 5.82 Å². The number of piperazine rings is 1. The van der Waals surface area contributed by atoms with E-state index < -0.39 is 0 Å². The van der Waals surface area contributed by atoms with Crippen LogP contribution in [0.1, 0.15) is 24.6 Å². The first kappa shape index (κ1) is 16.9. The molecule has 1 aliphatic heterocycles. The van der Waals surface area contributed by atoms with Crippen LogP contribution in [-0.2, 0) is 17.6 Å². The topological polar surface area (TPSA) is 88.2 Å². The van der Waals surface area contributed by atoms with E-state index in [0.717, 1.165) is 62.6 Å². The standard InChI is InChI=1S/C19H24N6O/c1-13(17(20)26)24-9-11-25(12-10-24)19-15-3-2-4-16(15)22-18(23-19)14-5-7-21-8-6-14/h5-8,13H,2-4,9-12H2,1H3,(H2,20,26)/t13-/m1/s1. The Labute approximate surface area is 153 Å². The lowest BCUT2D eigenvalue weighted by atomic mass is 10.1. The van der Waals surface area contributed by atoms with Gasteiger partial charge in [0.05, 0.1) is 6.04 Å². The van der Waals surface area contributed by atoms with E-state index in [9.17, 15) is 4.79 Å². The molecule has 3 heterocycles. The maximum atomic E-state index is 11.4. The molecule has 7 heteroatoms. The maximum absolute atomic E-state index is 11.4. The van der Waals surface area contributed by atoms with Crippen LogP contribution in [0.5, 0.6) is 0 Å². The first-order valence-corrected chi connectivity index (χ1v) is 9.22. The number of aromatic nitrogens is 3. The van der Waals surface area contributed by atoms with E-state index >= 15 is 0 Å². The molecule has 1 atom stereocenters. The number of carbonyl (C=O) groups excluding carboxylic acids is 1. The summed E-state index contributed by atoms with van der Waals surface area (Å²) < 4.78 is 0. The molecule has 2 aromatic rings. The van der Waals surface area contributed by atoms with Gasteiger partial charge in [-0.05, 0) is 38.3 Å². The number of anilines is 1. The van der Waals surface area contributed by atoms with E-state index in [-0.39, 0.29) is 11.9 Å². The van der Waals surface area contributed by atoms with Crippen LogP contribution in [0.15, 0.2) is 24.5 Å². The molecular weight excluding hydrogens is 328 g/mol. The molecule has 26 heavy (non-hydrogen) atoms. The highest BCUT2D eigenvalue weighted by atomic mass is 16.1. The van der Waals surface area contributed by atoms with Gasteiger partial charge in [0.25, 0.3) is 0 Å². The Morgan fingerprint density at radius 2 is 1.85 bits per heavy atom. The van der Waals surface area contributed by atoms with Gasteiger partial charge in [0.15, 0.2) is 5.82 Å². The minimum absolute atomic E-state index is 0.222. The molecule has 0 bridgehead atoms. The molecule has 7 nitrogen and oxygen atoms in total. The number of carbonyl (C=O) groups is 1. The lowest BCUT2D eigenvalue weighted by Gasteiger charge is -2.38. The number of rotatable bonds is 4. The van der Waals surface area contributed by atoms with Crippen molar-refractivity contribution < 1.29 is 4.79 Å². The number of aryl methyl sites for hydroxylation is 1. The van der Waals surface area contributed by atoms with Gasteiger partial charge in [0.1, 0.15) is 5.82 Å². The molecule has 2 aliphatic rings. The first-order chi connectivity index (χ1) is 12.6. The molecule has 2 N–H and O–H groups in total. The largest absolute Gasteiger partial charge is 0.368 e. The number of hydrogen-bond donors (Lipinski definition) is 1. The number of nitrogens with zero attached hydrogens (tertiary/aromatic N) is 5. The third-order valence-corrected chi connectivity index (χ3v) is 5.42. The number of fused-ring (bicyclic) bond motifs is 1. The normalized spacial score (nSPS) is 18.6. The number of pyridine rings is 1. The second kappa shape index (κ2) is 6.99. The van der Waals surface area contributed by atoms with Crippen molar-refractivity contribution in [1.82, 2.24) is 19.9 Å². The van der Waals surface area contributed by atoms with E-state index in [1.807, 2.05) is 19.1 Å². The quantitative estimate of drug-likeness (QED) is 0.884. The number of amides is 1. The van der Waals surface area contributed by atoms with Crippen molar-refractivity contribution in [3.63, 3.8) is 0 Å². The molecule has 2 aromatic heterocycles. The second-order valence-electron chi connectivity index (χ2n) is 6.99. The first-order valence-electron chi connectivity index (χ1n) is 9.22. The van der Waals surface area contributed by atoms with Crippen molar-refractivity contribution in [3.05, 3.63) is 35.8 Å². The predicted octanol–water partition coefficient (Wildman–Crippen LogP) is 1.02. The Kier molecular flexibility index (Phi) is 4.55. The molecule has 1 saturated heterocycles. The molecule has 1 fully saturated rings. The van der Waals surface area contributed by atoms with E-state index in [0.29, 0.717) is 0 Å². The van der Waals surface area contributed by atoms with E-state index in [2.05, 4.69) is 14.8 Å². The average molecular weight is 352 g/mol. The van der Waals surface area contributed by atoms with E-state index in [1.54, 1.807) is 12.4 Å². The van der Waals surface area contributed by atoms with Crippen LogP contribution in [0.3, 0.4) is 0 Å². The van der Waals surface area contributed by atoms with Gasteiger partial charge in [0.2, 0.25) is 5.91 Å². The Morgan fingerprint density at radius 1 is 1.12 bits per heavy atom. The van der Waals surface area contributed by atoms with Gasteiger partial charge in [-0.15, -0.1) is 0 Å². The number of primary amides is 1. The highest BCUT2D eigenvalue weighted by Crippen LogP contribution is 2.31. The highest BCUT2D eigenvalue weighted by molar-refractivity contribution is 5.79. The minimum atomic E-state index is -0.263. The highest BCUT2D eigenvalue weighted by Gasteiger charge is 2.28. The van der Waals surface area contributed by atoms with Crippen molar-refractivity contribution in [3.8, 4) is 11.4 Å². The SMILES string of the molecule is C[C@H](C(N)=O)N1CCN(c2nc(-c3ccncc3)nc3c2CCC3)CC1. The molecule has 136 valence electrons. The summed E-state index contributed by atoms with van der Waals surface area (Å²) in [7, 11) is 0. The summed E-state index contributed by atoms with van der Waals surface area (Å²) in [4.78, 5) is 29.7. The number of nitrogens with two attached hydrogens (primary N) is 1. The zero-order chi connectivity index (χ0) is 18.1. The summed E-state index contributed by atoms with van der Waals surface area (Å²) in [6, 6.07) is 3.68. The van der Waals surface area contributed by atoms with Gasteiger partial charge in [-0.3, -0.25) is 14.7 Å². The second-order valence-corrected chi connectivity index (χ2v) is 6.99. The van der Waals surface area contributed by atoms with Crippen LogP contribution < -0.4 is 10.6 Å². The molecule has 1 aliphatic carbocycles. The molecule has 0 spiro atoms. The fourth-order valence-electron chi connectivity index (χ4n) is 3.81. The Bertz CT molecular complexity index is 801. The van der Waals surface area contributed by atoms with Crippen molar-refractivity contribution in [2.24, 2.45) is 5.73 Å². The monoisotopic (exact) mass is 352 g/mol. The Balaban J connectivity index is 1.61. The fraction of sp³-hybridized carbons (Fsp3) is 0.474. The van der Waals surface area contributed by atoms with Crippen molar-refractivity contribution in [2.45, 2.75) is 32.2 Å². The van der Waals surface area contributed by atoms with Crippen LogP contribution >= 0.6 is 0 Å². The van der Waals surface area contributed by atoms with E-state index in [4.69, 9.17) is 15.7 Å². The smallest absolute Gasteiger partial charge is 0.234 e. The molecule has 4 rings (SSSR count). The van der Waals surface area contributed by atoms with Crippen molar-refractivity contribution >= 4 is 11.7 Å². The zero-order valence-electron chi connectivity index (χ0n) is 15.1. The van der Waals surface area contributed by atoms with Crippen LogP contribution in [0, 0.1) is 0 Å². The Morgan fingerprint density at radius 3 is 2.54 bits per heavy atom. The number of hydrogen-bond acceptors (Lipinski definition) is 6. The van der Waals surface area contributed by atoms with E-state index in [1.165, 1.54) is 11.3 Å². The van der Waals surface area contributed by atoms with Gasteiger partial charge in [-0.1, -0.05) is 0 Å².